The van der Waals surface area contributed by atoms with Crippen molar-refractivity contribution in [1.29, 1.82) is 0 Å². The molecule has 1 aromatic rings. The molecule has 3 rings (SSSR count). The number of sulfone groups is 1. The predicted octanol–water partition coefficient (Wildman–Crippen LogP) is 1.34. The van der Waals surface area contributed by atoms with Crippen LogP contribution in [0, 0.1) is 0 Å². The predicted molar refractivity (Wildman–Crippen MR) is 76.5 cm³/mol. The number of aromatic carboxylic acids is 1. The maximum Gasteiger partial charge on any atom is 0.347 e. The molecule has 0 bridgehead atoms. The van der Waals surface area contributed by atoms with Crippen molar-refractivity contribution in [3.05, 3.63) is 10.6 Å². The van der Waals surface area contributed by atoms with Crippen LogP contribution in [0.3, 0.4) is 0 Å². The van der Waals surface area contributed by atoms with E-state index in [1.54, 1.807) is 0 Å². The van der Waals surface area contributed by atoms with Gasteiger partial charge in [0.25, 0.3) is 0 Å². The molecular formula is C12H16N2O4S2. The average molecular weight is 316 g/mol. The summed E-state index contributed by atoms with van der Waals surface area (Å²) in [4.78, 5) is 18.0. The number of hydrogen-bond donors (Lipinski definition) is 1. The van der Waals surface area contributed by atoms with Crippen molar-refractivity contribution in [3.63, 3.8) is 0 Å². The molecule has 2 fully saturated rings. The standard InChI is InChI=1S/C12H16N2O4S2/c1-7-6-20(17,18)5-4-14(7)12-13-9(8-2-3-8)10(19-12)11(15)16/h7-8H,2-6H2,1H3,(H,15,16). The van der Waals surface area contributed by atoms with Crippen molar-refractivity contribution in [2.45, 2.75) is 31.7 Å². The van der Waals surface area contributed by atoms with Gasteiger partial charge in [0.05, 0.1) is 17.2 Å². The first-order valence-corrected chi connectivity index (χ1v) is 9.22. The number of nitrogens with zero attached hydrogens (tertiary/aromatic N) is 2. The van der Waals surface area contributed by atoms with Crippen molar-refractivity contribution in [2.24, 2.45) is 0 Å². The molecule has 1 aliphatic carbocycles. The highest BCUT2D eigenvalue weighted by molar-refractivity contribution is 7.91. The SMILES string of the molecule is CC1CS(=O)(=O)CCN1c1nc(C2CC2)c(C(=O)O)s1. The number of hydrogen-bond acceptors (Lipinski definition) is 6. The van der Waals surface area contributed by atoms with Gasteiger partial charge in [0, 0.05) is 18.5 Å². The molecule has 1 aliphatic heterocycles. The maximum absolute atomic E-state index is 11.6. The highest BCUT2D eigenvalue weighted by Gasteiger charge is 2.35. The number of thiazole rings is 1. The summed E-state index contributed by atoms with van der Waals surface area (Å²) >= 11 is 1.17. The number of rotatable bonds is 3. The van der Waals surface area contributed by atoms with Crippen LogP contribution >= 0.6 is 11.3 Å². The van der Waals surface area contributed by atoms with E-state index in [-0.39, 0.29) is 23.5 Å². The summed E-state index contributed by atoms with van der Waals surface area (Å²) < 4.78 is 23.2. The Morgan fingerprint density at radius 2 is 2.15 bits per heavy atom. The molecule has 1 saturated heterocycles. The minimum Gasteiger partial charge on any atom is -0.477 e. The van der Waals surface area contributed by atoms with Gasteiger partial charge in [-0.05, 0) is 19.8 Å². The first kappa shape index (κ1) is 13.8. The average Bonchev–Trinajstić information content (AvgIpc) is 3.08. The lowest BCUT2D eigenvalue weighted by Crippen LogP contribution is -2.47. The lowest BCUT2D eigenvalue weighted by molar-refractivity contribution is 0.0700. The number of carboxylic acid groups (broad SMARTS) is 1. The van der Waals surface area contributed by atoms with Crippen LogP contribution in [0.1, 0.15) is 41.0 Å². The zero-order valence-electron chi connectivity index (χ0n) is 11.1. The third-order valence-electron chi connectivity index (χ3n) is 3.72. The molecule has 0 aromatic carbocycles. The molecule has 1 atom stereocenters. The molecular weight excluding hydrogens is 300 g/mol. The van der Waals surface area contributed by atoms with E-state index in [1.807, 2.05) is 11.8 Å². The summed E-state index contributed by atoms with van der Waals surface area (Å²) in [5.41, 5.74) is 0.679. The van der Waals surface area contributed by atoms with Gasteiger partial charge in [0.2, 0.25) is 0 Å². The van der Waals surface area contributed by atoms with Gasteiger partial charge in [0.15, 0.2) is 15.0 Å². The second-order valence-electron chi connectivity index (χ2n) is 5.45. The third-order valence-corrected chi connectivity index (χ3v) is 6.61. The molecule has 1 N–H and O–H groups in total. The Bertz CT molecular complexity index is 648. The molecule has 110 valence electrons. The van der Waals surface area contributed by atoms with Gasteiger partial charge >= 0.3 is 5.97 Å². The highest BCUT2D eigenvalue weighted by atomic mass is 32.2. The lowest BCUT2D eigenvalue weighted by atomic mass is 10.2. The van der Waals surface area contributed by atoms with Crippen LogP contribution < -0.4 is 4.90 Å². The minimum atomic E-state index is -2.98. The van der Waals surface area contributed by atoms with Gasteiger partial charge in [-0.3, -0.25) is 0 Å². The van der Waals surface area contributed by atoms with Gasteiger partial charge in [-0.15, -0.1) is 0 Å². The molecule has 1 aromatic heterocycles. The topological polar surface area (TPSA) is 87.6 Å². The van der Waals surface area contributed by atoms with Crippen LogP contribution in [-0.4, -0.2) is 48.6 Å². The molecule has 0 radical (unpaired) electrons. The van der Waals surface area contributed by atoms with E-state index in [2.05, 4.69) is 4.98 Å². The summed E-state index contributed by atoms with van der Waals surface area (Å²) in [7, 11) is -2.98. The van der Waals surface area contributed by atoms with E-state index in [0.29, 0.717) is 22.2 Å². The van der Waals surface area contributed by atoms with Crippen molar-refractivity contribution in [2.75, 3.05) is 23.0 Å². The van der Waals surface area contributed by atoms with Crippen LogP contribution in [0.15, 0.2) is 0 Å². The fourth-order valence-electron chi connectivity index (χ4n) is 2.51. The molecule has 20 heavy (non-hydrogen) atoms. The first-order chi connectivity index (χ1) is 9.37. The second kappa shape index (κ2) is 4.70. The lowest BCUT2D eigenvalue weighted by Gasteiger charge is -2.32. The normalized spacial score (nSPS) is 25.6. The molecule has 1 unspecified atom stereocenters. The molecule has 0 spiro atoms. The summed E-state index contributed by atoms with van der Waals surface area (Å²) in [6, 6.07) is -0.159. The van der Waals surface area contributed by atoms with E-state index in [1.165, 1.54) is 11.3 Å². The van der Waals surface area contributed by atoms with Gasteiger partial charge < -0.3 is 10.0 Å². The van der Waals surface area contributed by atoms with Crippen LogP contribution in [0.4, 0.5) is 5.13 Å². The number of carbonyl (C=O) groups is 1. The minimum absolute atomic E-state index is 0.105. The van der Waals surface area contributed by atoms with Crippen LogP contribution in [0.25, 0.3) is 0 Å². The molecule has 8 heteroatoms. The van der Waals surface area contributed by atoms with Crippen molar-refractivity contribution >= 4 is 32.3 Å². The van der Waals surface area contributed by atoms with Gasteiger partial charge in [-0.2, -0.15) is 0 Å². The zero-order chi connectivity index (χ0) is 14.5. The number of anilines is 1. The number of aromatic nitrogens is 1. The monoisotopic (exact) mass is 316 g/mol. The van der Waals surface area contributed by atoms with Gasteiger partial charge in [-0.25, -0.2) is 18.2 Å². The van der Waals surface area contributed by atoms with Crippen LogP contribution in [0.2, 0.25) is 0 Å². The van der Waals surface area contributed by atoms with E-state index in [4.69, 9.17) is 0 Å². The summed E-state index contributed by atoms with van der Waals surface area (Å²) in [5.74, 6) is -0.450. The van der Waals surface area contributed by atoms with E-state index in [0.717, 1.165) is 12.8 Å². The molecule has 6 nitrogen and oxygen atoms in total. The van der Waals surface area contributed by atoms with Crippen molar-refractivity contribution < 1.29 is 18.3 Å². The Balaban J connectivity index is 1.91. The number of carboxylic acids is 1. The third kappa shape index (κ3) is 2.54. The Hall–Kier alpha value is -1.15. The first-order valence-electron chi connectivity index (χ1n) is 6.58. The quantitative estimate of drug-likeness (QED) is 0.905. The Morgan fingerprint density at radius 3 is 2.70 bits per heavy atom. The molecule has 2 aliphatic rings. The van der Waals surface area contributed by atoms with Crippen molar-refractivity contribution in [1.82, 2.24) is 4.98 Å². The van der Waals surface area contributed by atoms with E-state index in [9.17, 15) is 18.3 Å². The molecule has 1 saturated carbocycles. The Kier molecular flexibility index (Phi) is 3.24. The van der Waals surface area contributed by atoms with E-state index < -0.39 is 15.8 Å². The van der Waals surface area contributed by atoms with Crippen LogP contribution in [-0.2, 0) is 9.84 Å². The molecule has 2 heterocycles. The molecule has 0 amide bonds. The largest absolute Gasteiger partial charge is 0.477 e. The smallest absolute Gasteiger partial charge is 0.347 e. The summed E-state index contributed by atoms with van der Waals surface area (Å²) in [6.45, 7) is 2.23. The van der Waals surface area contributed by atoms with Gasteiger partial charge in [-0.1, -0.05) is 11.3 Å². The fraction of sp³-hybridized carbons (Fsp3) is 0.667. The Labute approximate surface area is 121 Å². The zero-order valence-corrected chi connectivity index (χ0v) is 12.7. The maximum atomic E-state index is 11.6. The second-order valence-corrected chi connectivity index (χ2v) is 8.65. The van der Waals surface area contributed by atoms with E-state index >= 15 is 0 Å². The van der Waals surface area contributed by atoms with Gasteiger partial charge in [0.1, 0.15) is 4.88 Å². The Morgan fingerprint density at radius 1 is 1.45 bits per heavy atom. The summed E-state index contributed by atoms with van der Waals surface area (Å²) in [5, 5.41) is 9.90. The summed E-state index contributed by atoms with van der Waals surface area (Å²) in [6.07, 6.45) is 1.99. The van der Waals surface area contributed by atoms with Crippen LogP contribution in [0.5, 0.6) is 0 Å². The van der Waals surface area contributed by atoms with Crippen molar-refractivity contribution in [3.8, 4) is 0 Å². The highest BCUT2D eigenvalue weighted by Crippen LogP contribution is 2.44. The fourth-order valence-corrected chi connectivity index (χ4v) is 5.19.